The third-order valence-corrected chi connectivity index (χ3v) is 7.85. The minimum atomic E-state index is -4.10. The Bertz CT molecular complexity index is 1330. The molecule has 0 atom stereocenters. The number of benzene rings is 2. The number of ether oxygens (including phenoxy) is 1. The second-order valence-corrected chi connectivity index (χ2v) is 10.2. The van der Waals surface area contributed by atoms with Gasteiger partial charge >= 0.3 is 0 Å². The number of methoxy groups -OCH3 is 1. The first kappa shape index (κ1) is 23.3. The van der Waals surface area contributed by atoms with Crippen molar-refractivity contribution in [3.8, 4) is 5.75 Å². The summed E-state index contributed by atoms with van der Waals surface area (Å²) in [5.74, 6) is -0.0134. The van der Waals surface area contributed by atoms with Crippen LogP contribution in [0.5, 0.6) is 5.75 Å². The lowest BCUT2D eigenvalue weighted by atomic mass is 10.1. The monoisotopic (exact) mass is 473 g/mol. The maximum absolute atomic E-state index is 15.2. The number of fused-ring (bicyclic) bond motifs is 1. The van der Waals surface area contributed by atoms with Gasteiger partial charge in [0.25, 0.3) is 0 Å². The fraction of sp³-hybridized carbons (Fsp3) is 0.375. The Labute approximate surface area is 192 Å². The van der Waals surface area contributed by atoms with Crippen molar-refractivity contribution in [3.05, 3.63) is 58.6 Å². The predicted molar refractivity (Wildman–Crippen MR) is 127 cm³/mol. The second kappa shape index (κ2) is 9.15. The standard InChI is InChI=1S/C24H28FN3O4S/c1-4-9-28-16-23(33(30,31)18-7-5-17(32-3)6-8-18)24(29)19-14-20(25)22(15-21(19)28)27-12-10-26(2)11-13-27/h5-8,14-16H,4,9-13H2,1-3H3. The summed E-state index contributed by atoms with van der Waals surface area (Å²) < 4.78 is 48.6. The number of aryl methyl sites for hydroxylation is 1. The highest BCUT2D eigenvalue weighted by atomic mass is 32.2. The molecule has 0 spiro atoms. The van der Waals surface area contributed by atoms with Gasteiger partial charge < -0.3 is 19.1 Å². The molecule has 0 aliphatic carbocycles. The van der Waals surface area contributed by atoms with E-state index in [1.807, 2.05) is 18.9 Å². The van der Waals surface area contributed by atoms with E-state index in [1.54, 1.807) is 10.6 Å². The van der Waals surface area contributed by atoms with E-state index in [-0.39, 0.29) is 15.2 Å². The number of hydrogen-bond donors (Lipinski definition) is 0. The maximum atomic E-state index is 15.2. The molecule has 0 saturated carbocycles. The number of rotatable bonds is 6. The first-order valence-electron chi connectivity index (χ1n) is 11.0. The van der Waals surface area contributed by atoms with Gasteiger partial charge in [0, 0.05) is 38.9 Å². The first-order chi connectivity index (χ1) is 15.8. The molecule has 1 fully saturated rings. The lowest BCUT2D eigenvalue weighted by molar-refractivity contribution is 0.312. The van der Waals surface area contributed by atoms with E-state index in [0.717, 1.165) is 19.5 Å². The van der Waals surface area contributed by atoms with Crippen LogP contribution >= 0.6 is 0 Å². The van der Waals surface area contributed by atoms with Crippen LogP contribution in [0.4, 0.5) is 10.1 Å². The predicted octanol–water partition coefficient (Wildman–Crippen LogP) is 3.14. The van der Waals surface area contributed by atoms with Crippen LogP contribution in [0.3, 0.4) is 0 Å². The molecule has 1 aromatic heterocycles. The minimum absolute atomic E-state index is 0.0164. The molecule has 0 radical (unpaired) electrons. The minimum Gasteiger partial charge on any atom is -0.497 e. The summed E-state index contributed by atoms with van der Waals surface area (Å²) in [5.41, 5.74) is 0.272. The molecule has 0 amide bonds. The van der Waals surface area contributed by atoms with Gasteiger partial charge in [0.05, 0.1) is 28.6 Å². The van der Waals surface area contributed by atoms with E-state index in [4.69, 9.17) is 4.74 Å². The SMILES string of the molecule is CCCn1cc(S(=O)(=O)c2ccc(OC)cc2)c(=O)c2cc(F)c(N3CCN(C)CC3)cc21. The van der Waals surface area contributed by atoms with Crippen molar-refractivity contribution in [2.45, 2.75) is 29.7 Å². The average Bonchev–Trinajstić information content (AvgIpc) is 2.81. The van der Waals surface area contributed by atoms with Gasteiger partial charge in [-0.2, -0.15) is 0 Å². The number of piperazine rings is 1. The molecule has 9 heteroatoms. The Balaban J connectivity index is 1.88. The molecule has 2 heterocycles. The number of halogens is 1. The first-order valence-corrected chi connectivity index (χ1v) is 12.4. The zero-order valence-electron chi connectivity index (χ0n) is 19.0. The third kappa shape index (κ3) is 4.35. The van der Waals surface area contributed by atoms with Gasteiger partial charge in [-0.15, -0.1) is 0 Å². The van der Waals surface area contributed by atoms with E-state index in [2.05, 4.69) is 4.90 Å². The van der Waals surface area contributed by atoms with Crippen LogP contribution in [0.1, 0.15) is 13.3 Å². The molecule has 176 valence electrons. The lowest BCUT2D eigenvalue weighted by Gasteiger charge is -2.34. The molecule has 1 aliphatic heterocycles. The molecule has 4 rings (SSSR count). The Hall–Kier alpha value is -2.91. The third-order valence-electron chi connectivity index (χ3n) is 6.08. The number of sulfone groups is 1. The summed E-state index contributed by atoms with van der Waals surface area (Å²) in [6, 6.07) is 8.72. The number of aromatic nitrogens is 1. The Morgan fingerprint density at radius 2 is 1.73 bits per heavy atom. The van der Waals surface area contributed by atoms with Crippen molar-refractivity contribution in [1.82, 2.24) is 9.47 Å². The van der Waals surface area contributed by atoms with Crippen LogP contribution in [0.2, 0.25) is 0 Å². The van der Waals surface area contributed by atoms with Crippen LogP contribution in [0.25, 0.3) is 10.9 Å². The normalized spacial score (nSPS) is 15.2. The van der Waals surface area contributed by atoms with Gasteiger partial charge in [0.1, 0.15) is 16.5 Å². The molecular formula is C24H28FN3O4S. The molecule has 33 heavy (non-hydrogen) atoms. The average molecular weight is 474 g/mol. The topological polar surface area (TPSA) is 71.8 Å². The fourth-order valence-electron chi connectivity index (χ4n) is 4.16. The van der Waals surface area contributed by atoms with Gasteiger partial charge in [-0.05, 0) is 49.9 Å². The van der Waals surface area contributed by atoms with E-state index < -0.39 is 21.1 Å². The lowest BCUT2D eigenvalue weighted by Crippen LogP contribution is -2.44. The number of anilines is 1. The molecule has 2 aromatic carbocycles. The van der Waals surface area contributed by atoms with E-state index in [1.165, 1.54) is 43.6 Å². The summed E-state index contributed by atoms with van der Waals surface area (Å²) in [4.78, 5) is 17.1. The maximum Gasteiger partial charge on any atom is 0.211 e. The molecule has 1 aliphatic rings. The van der Waals surface area contributed by atoms with E-state index >= 15 is 4.39 Å². The summed E-state index contributed by atoms with van der Waals surface area (Å²) in [6.07, 6.45) is 2.11. The highest BCUT2D eigenvalue weighted by Crippen LogP contribution is 2.28. The highest BCUT2D eigenvalue weighted by molar-refractivity contribution is 7.91. The van der Waals surface area contributed by atoms with Crippen LogP contribution in [-0.2, 0) is 16.4 Å². The quantitative estimate of drug-likeness (QED) is 0.548. The van der Waals surface area contributed by atoms with Crippen LogP contribution in [0.15, 0.2) is 57.2 Å². The van der Waals surface area contributed by atoms with Gasteiger partial charge in [-0.3, -0.25) is 4.79 Å². The molecular weight excluding hydrogens is 445 g/mol. The number of pyridine rings is 1. The van der Waals surface area contributed by atoms with Gasteiger partial charge in [-0.25, -0.2) is 12.8 Å². The van der Waals surface area contributed by atoms with Gasteiger partial charge in [0.2, 0.25) is 15.3 Å². The molecule has 0 unspecified atom stereocenters. The second-order valence-electron chi connectivity index (χ2n) is 8.31. The van der Waals surface area contributed by atoms with Crippen LogP contribution < -0.4 is 15.1 Å². The van der Waals surface area contributed by atoms with Crippen molar-refractivity contribution >= 4 is 26.4 Å². The van der Waals surface area contributed by atoms with Crippen molar-refractivity contribution in [3.63, 3.8) is 0 Å². The van der Waals surface area contributed by atoms with Crippen molar-refractivity contribution in [1.29, 1.82) is 0 Å². The molecule has 1 saturated heterocycles. The van der Waals surface area contributed by atoms with E-state index in [0.29, 0.717) is 36.6 Å². The largest absolute Gasteiger partial charge is 0.497 e. The van der Waals surface area contributed by atoms with Crippen molar-refractivity contribution < 1.29 is 17.5 Å². The Kier molecular flexibility index (Phi) is 6.45. The number of likely N-dealkylation sites (N-methyl/N-ethyl adjacent to an activating group) is 1. The van der Waals surface area contributed by atoms with Gasteiger partial charge in [-0.1, -0.05) is 6.92 Å². The smallest absolute Gasteiger partial charge is 0.211 e. The Morgan fingerprint density at radius 1 is 1.06 bits per heavy atom. The molecule has 7 nitrogen and oxygen atoms in total. The van der Waals surface area contributed by atoms with Crippen LogP contribution in [-0.4, -0.2) is 58.2 Å². The number of nitrogens with zero attached hydrogens (tertiary/aromatic N) is 3. The summed E-state index contributed by atoms with van der Waals surface area (Å²) in [6.45, 7) is 5.46. The zero-order chi connectivity index (χ0) is 23.8. The Morgan fingerprint density at radius 3 is 2.33 bits per heavy atom. The summed E-state index contributed by atoms with van der Waals surface area (Å²) >= 11 is 0. The molecule has 0 N–H and O–H groups in total. The highest BCUT2D eigenvalue weighted by Gasteiger charge is 2.26. The van der Waals surface area contributed by atoms with E-state index in [9.17, 15) is 13.2 Å². The van der Waals surface area contributed by atoms with Crippen LogP contribution in [0, 0.1) is 5.82 Å². The van der Waals surface area contributed by atoms with Crippen molar-refractivity contribution in [2.75, 3.05) is 45.2 Å². The fourth-order valence-corrected chi connectivity index (χ4v) is 5.53. The summed E-state index contributed by atoms with van der Waals surface area (Å²) in [7, 11) is -0.591. The van der Waals surface area contributed by atoms with Gasteiger partial charge in [0.15, 0.2) is 0 Å². The summed E-state index contributed by atoms with van der Waals surface area (Å²) in [5, 5.41) is 0.0633. The number of hydrogen-bond acceptors (Lipinski definition) is 6. The zero-order valence-corrected chi connectivity index (χ0v) is 19.9. The molecule has 0 bridgehead atoms. The molecule has 3 aromatic rings. The van der Waals surface area contributed by atoms with Crippen molar-refractivity contribution in [2.24, 2.45) is 0 Å².